The van der Waals surface area contributed by atoms with Gasteiger partial charge in [-0.25, -0.2) is 4.79 Å². The first kappa shape index (κ1) is 15.0. The molecule has 1 fully saturated rings. The number of benzene rings is 1. The van der Waals surface area contributed by atoms with E-state index < -0.39 is 11.5 Å². The molecule has 20 heavy (non-hydrogen) atoms. The van der Waals surface area contributed by atoms with Crippen molar-refractivity contribution in [2.75, 3.05) is 20.3 Å². The van der Waals surface area contributed by atoms with Gasteiger partial charge in [0, 0.05) is 19.6 Å². The van der Waals surface area contributed by atoms with Crippen molar-refractivity contribution in [3.8, 4) is 0 Å². The summed E-state index contributed by atoms with van der Waals surface area (Å²) in [5.74, 6) is 0.432. The second kappa shape index (κ2) is 6.86. The summed E-state index contributed by atoms with van der Waals surface area (Å²) in [6.45, 7) is 1.21. The number of hydrogen-bond donors (Lipinski definition) is 1. The van der Waals surface area contributed by atoms with Crippen LogP contribution >= 0.6 is 0 Å². The number of carbonyl (C=O) groups excluding carboxylic acids is 1. The second-order valence-corrected chi connectivity index (χ2v) is 5.42. The zero-order chi connectivity index (χ0) is 14.4. The van der Waals surface area contributed by atoms with E-state index in [2.05, 4.69) is 0 Å². The molecule has 4 nitrogen and oxygen atoms in total. The highest BCUT2D eigenvalue weighted by Gasteiger charge is 2.36. The van der Waals surface area contributed by atoms with Gasteiger partial charge in [0.2, 0.25) is 0 Å². The minimum atomic E-state index is -1.13. The van der Waals surface area contributed by atoms with E-state index in [0.29, 0.717) is 13.0 Å². The predicted octanol–water partition coefficient (Wildman–Crippen LogP) is 2.22. The Morgan fingerprint density at radius 3 is 2.60 bits per heavy atom. The van der Waals surface area contributed by atoms with E-state index in [0.717, 1.165) is 24.5 Å². The number of ether oxygens (including phenoxy) is 2. The summed E-state index contributed by atoms with van der Waals surface area (Å²) in [5.41, 5.74) is 5.91. The third-order valence-corrected chi connectivity index (χ3v) is 3.85. The van der Waals surface area contributed by atoms with Crippen LogP contribution in [0.3, 0.4) is 0 Å². The molecule has 1 unspecified atom stereocenters. The number of nitrogens with two attached hydrogens (primary N) is 1. The van der Waals surface area contributed by atoms with E-state index in [1.807, 2.05) is 30.3 Å². The molecular weight excluding hydrogens is 254 g/mol. The van der Waals surface area contributed by atoms with E-state index in [4.69, 9.17) is 15.2 Å². The second-order valence-electron chi connectivity index (χ2n) is 5.42. The lowest BCUT2D eigenvalue weighted by Gasteiger charge is -2.27. The van der Waals surface area contributed by atoms with Crippen molar-refractivity contribution in [1.82, 2.24) is 0 Å². The highest BCUT2D eigenvalue weighted by Crippen LogP contribution is 2.32. The highest BCUT2D eigenvalue weighted by atomic mass is 16.5. The summed E-state index contributed by atoms with van der Waals surface area (Å²) in [6.07, 6.45) is 4.20. The maximum atomic E-state index is 12.0. The standard InChI is InChI=1S/C16H23NO3/c1-19-15(18)16(17,14-5-3-2-4-6-14)10-12-20-11-9-13-7-8-13/h2-6,13H,7-12,17H2,1H3. The minimum Gasteiger partial charge on any atom is -0.467 e. The molecular formula is C16H23NO3. The van der Waals surface area contributed by atoms with Crippen molar-refractivity contribution < 1.29 is 14.3 Å². The summed E-state index contributed by atoms with van der Waals surface area (Å²) < 4.78 is 10.5. The quantitative estimate of drug-likeness (QED) is 0.584. The van der Waals surface area contributed by atoms with Crippen molar-refractivity contribution in [2.24, 2.45) is 11.7 Å². The van der Waals surface area contributed by atoms with Gasteiger partial charge in [0.1, 0.15) is 5.54 Å². The molecule has 0 spiro atoms. The molecule has 2 N–H and O–H groups in total. The van der Waals surface area contributed by atoms with Gasteiger partial charge in [0.25, 0.3) is 0 Å². The van der Waals surface area contributed by atoms with E-state index >= 15 is 0 Å². The molecule has 2 rings (SSSR count). The van der Waals surface area contributed by atoms with Crippen LogP contribution in [0.2, 0.25) is 0 Å². The molecule has 0 radical (unpaired) electrons. The summed E-state index contributed by atoms with van der Waals surface area (Å²) in [6, 6.07) is 9.33. The van der Waals surface area contributed by atoms with Crippen molar-refractivity contribution in [3.63, 3.8) is 0 Å². The maximum absolute atomic E-state index is 12.0. The summed E-state index contributed by atoms with van der Waals surface area (Å²) in [4.78, 5) is 12.0. The van der Waals surface area contributed by atoms with Gasteiger partial charge in [0.15, 0.2) is 0 Å². The number of hydrogen-bond acceptors (Lipinski definition) is 4. The fourth-order valence-electron chi connectivity index (χ4n) is 2.27. The zero-order valence-corrected chi connectivity index (χ0v) is 12.0. The zero-order valence-electron chi connectivity index (χ0n) is 12.0. The van der Waals surface area contributed by atoms with E-state index in [-0.39, 0.29) is 0 Å². The average molecular weight is 277 g/mol. The Balaban J connectivity index is 1.90. The molecule has 0 aromatic heterocycles. The lowest BCUT2D eigenvalue weighted by Crippen LogP contribution is -2.46. The van der Waals surface area contributed by atoms with E-state index in [1.165, 1.54) is 20.0 Å². The van der Waals surface area contributed by atoms with Crippen LogP contribution in [0.15, 0.2) is 30.3 Å². The average Bonchev–Trinajstić information content (AvgIpc) is 3.31. The lowest BCUT2D eigenvalue weighted by atomic mass is 9.88. The highest BCUT2D eigenvalue weighted by molar-refractivity contribution is 5.82. The van der Waals surface area contributed by atoms with Crippen molar-refractivity contribution >= 4 is 5.97 Å². The molecule has 0 saturated heterocycles. The van der Waals surface area contributed by atoms with Gasteiger partial charge >= 0.3 is 5.97 Å². The lowest BCUT2D eigenvalue weighted by molar-refractivity contribution is -0.148. The SMILES string of the molecule is COC(=O)C(N)(CCOCCC1CC1)c1ccccc1. The minimum absolute atomic E-state index is 0.422. The maximum Gasteiger partial charge on any atom is 0.330 e. The number of carbonyl (C=O) groups is 1. The van der Waals surface area contributed by atoms with Crippen LogP contribution in [-0.2, 0) is 19.8 Å². The third kappa shape index (κ3) is 3.81. The number of methoxy groups -OCH3 is 1. The molecule has 1 aliphatic rings. The van der Waals surface area contributed by atoms with Gasteiger partial charge < -0.3 is 15.2 Å². The first-order valence-electron chi connectivity index (χ1n) is 7.17. The Hall–Kier alpha value is -1.39. The van der Waals surface area contributed by atoms with E-state index in [1.54, 1.807) is 0 Å². The van der Waals surface area contributed by atoms with Gasteiger partial charge in [-0.05, 0) is 17.9 Å². The van der Waals surface area contributed by atoms with Gasteiger partial charge in [-0.15, -0.1) is 0 Å². The van der Waals surface area contributed by atoms with E-state index in [9.17, 15) is 4.79 Å². The Kier molecular flexibility index (Phi) is 5.15. The molecule has 0 amide bonds. The molecule has 110 valence electrons. The third-order valence-electron chi connectivity index (χ3n) is 3.85. The van der Waals surface area contributed by atoms with Crippen molar-refractivity contribution in [1.29, 1.82) is 0 Å². The van der Waals surface area contributed by atoms with Crippen LogP contribution in [0.25, 0.3) is 0 Å². The van der Waals surface area contributed by atoms with Crippen molar-refractivity contribution in [2.45, 2.75) is 31.2 Å². The molecule has 0 aliphatic heterocycles. The van der Waals surface area contributed by atoms with Crippen LogP contribution in [0, 0.1) is 5.92 Å². The van der Waals surface area contributed by atoms with Crippen LogP contribution < -0.4 is 5.73 Å². The number of esters is 1. The van der Waals surface area contributed by atoms with Gasteiger partial charge in [-0.2, -0.15) is 0 Å². The van der Waals surface area contributed by atoms with Gasteiger partial charge in [-0.3, -0.25) is 0 Å². The van der Waals surface area contributed by atoms with Gasteiger partial charge in [-0.1, -0.05) is 43.2 Å². The fourth-order valence-corrected chi connectivity index (χ4v) is 2.27. The largest absolute Gasteiger partial charge is 0.467 e. The smallest absolute Gasteiger partial charge is 0.330 e. The topological polar surface area (TPSA) is 61.5 Å². The van der Waals surface area contributed by atoms with Crippen molar-refractivity contribution in [3.05, 3.63) is 35.9 Å². The Morgan fingerprint density at radius 2 is 2.00 bits per heavy atom. The van der Waals surface area contributed by atoms with Crippen LogP contribution in [0.4, 0.5) is 0 Å². The molecule has 0 heterocycles. The monoisotopic (exact) mass is 277 g/mol. The molecule has 1 saturated carbocycles. The van der Waals surface area contributed by atoms with Gasteiger partial charge in [0.05, 0.1) is 7.11 Å². The summed E-state index contributed by atoms with van der Waals surface area (Å²) in [5, 5.41) is 0. The Morgan fingerprint density at radius 1 is 1.30 bits per heavy atom. The first-order valence-corrected chi connectivity index (χ1v) is 7.17. The normalized spacial score (nSPS) is 17.5. The van der Waals surface area contributed by atoms with Crippen LogP contribution in [-0.4, -0.2) is 26.3 Å². The molecule has 1 aliphatic carbocycles. The molecule has 0 bridgehead atoms. The molecule has 1 aromatic carbocycles. The Bertz CT molecular complexity index is 431. The molecule has 1 atom stereocenters. The first-order chi connectivity index (χ1) is 9.66. The molecule has 4 heteroatoms. The summed E-state index contributed by atoms with van der Waals surface area (Å²) >= 11 is 0. The van der Waals surface area contributed by atoms with Crippen LogP contribution in [0.1, 0.15) is 31.2 Å². The Labute approximate surface area is 120 Å². The summed E-state index contributed by atoms with van der Waals surface area (Å²) in [7, 11) is 1.36. The predicted molar refractivity (Wildman–Crippen MR) is 77.1 cm³/mol. The molecule has 1 aromatic rings. The number of rotatable bonds is 8. The fraction of sp³-hybridized carbons (Fsp3) is 0.562. The van der Waals surface area contributed by atoms with Crippen LogP contribution in [0.5, 0.6) is 0 Å².